The smallest absolute Gasteiger partial charge is 0.249 e. The molecule has 2 aliphatic heterocycles. The van der Waals surface area contributed by atoms with Crippen molar-refractivity contribution in [1.29, 1.82) is 0 Å². The molecule has 7 atom stereocenters. The lowest BCUT2D eigenvalue weighted by Crippen LogP contribution is -2.59. The molecule has 1 aliphatic carbocycles. The molecule has 0 spiro atoms. The molecular formula is C43H59N7O6. The second-order valence-electron chi connectivity index (χ2n) is 15.0. The van der Waals surface area contributed by atoms with Crippen LogP contribution in [0, 0.1) is 11.8 Å². The van der Waals surface area contributed by atoms with Crippen LogP contribution in [0.1, 0.15) is 100 Å². The van der Waals surface area contributed by atoms with Crippen LogP contribution in [0.4, 0.5) is 0 Å². The molecule has 2 aromatic carbocycles. The van der Waals surface area contributed by atoms with Crippen molar-refractivity contribution in [2.24, 2.45) is 0 Å². The van der Waals surface area contributed by atoms with E-state index in [-0.39, 0.29) is 42.2 Å². The Bertz CT molecular complexity index is 1750. The summed E-state index contributed by atoms with van der Waals surface area (Å²) in [5.41, 5.74) is 3.72. The quantitative estimate of drug-likeness (QED) is 0.173. The van der Waals surface area contributed by atoms with Gasteiger partial charge >= 0.3 is 0 Å². The van der Waals surface area contributed by atoms with Crippen LogP contribution >= 0.6 is 0 Å². The first kappa shape index (κ1) is 42.4. The summed E-state index contributed by atoms with van der Waals surface area (Å²) < 4.78 is 6.05. The highest BCUT2D eigenvalue weighted by Gasteiger charge is 2.41. The molecule has 0 unspecified atom stereocenters. The molecule has 0 bridgehead atoms. The number of ether oxygens (including phenoxy) is 1. The van der Waals surface area contributed by atoms with E-state index in [1.807, 2.05) is 19.1 Å². The molecule has 13 heteroatoms. The molecule has 0 saturated carbocycles. The van der Waals surface area contributed by atoms with Crippen LogP contribution < -0.4 is 26.6 Å². The molecule has 5 N–H and O–H groups in total. The van der Waals surface area contributed by atoms with Gasteiger partial charge in [-0.15, -0.1) is 0 Å². The van der Waals surface area contributed by atoms with Gasteiger partial charge in [0.2, 0.25) is 29.5 Å². The zero-order valence-electron chi connectivity index (χ0n) is 33.5. The van der Waals surface area contributed by atoms with Gasteiger partial charge in [-0.3, -0.25) is 24.0 Å². The summed E-state index contributed by atoms with van der Waals surface area (Å²) in [6, 6.07) is 11.8. The standard InChI is InChI=1S/C43H59N7O6/c1-6-34(45-5)40(52)48-38(42(54)49-24-9-10-25-49)32-22-20-30(21-23-32)14-13-27-56-29(3)37(47-39(51)28(2)44-4)43(55)50-26-12-19-36(50)41(53)46-35-18-11-16-31-15-7-8-17-33(31)35/h7-8,15,17,20-23,28-29,34-38,44-45H,6,9-12,16,18-19,24-27H2,1-5H3,(H,46,53)(H,47,51)(H,48,52)/t28-,29+,34-,35+,36-,37-,38-/m0/s1. The number of likely N-dealkylation sites (tertiary alicyclic amines) is 2. The van der Waals surface area contributed by atoms with E-state index in [0.717, 1.165) is 37.7 Å². The third-order valence-corrected chi connectivity index (χ3v) is 11.3. The Hall–Kier alpha value is -4.77. The number of fused-ring (bicyclic) bond motifs is 1. The van der Waals surface area contributed by atoms with Gasteiger partial charge in [0.05, 0.1) is 24.2 Å². The monoisotopic (exact) mass is 769 g/mol. The van der Waals surface area contributed by atoms with Crippen molar-refractivity contribution in [3.63, 3.8) is 0 Å². The minimum absolute atomic E-state index is 0.0241. The summed E-state index contributed by atoms with van der Waals surface area (Å²) in [4.78, 5) is 70.8. The van der Waals surface area contributed by atoms with E-state index in [1.54, 1.807) is 62.0 Å². The van der Waals surface area contributed by atoms with E-state index in [9.17, 15) is 24.0 Å². The maximum Gasteiger partial charge on any atom is 0.249 e. The molecule has 13 nitrogen and oxygen atoms in total. The Morgan fingerprint density at radius 1 is 0.839 bits per heavy atom. The highest BCUT2D eigenvalue weighted by molar-refractivity contribution is 5.94. The van der Waals surface area contributed by atoms with Crippen LogP contribution in [-0.4, -0.2) is 110 Å². The first-order chi connectivity index (χ1) is 27.1. The lowest BCUT2D eigenvalue weighted by molar-refractivity contribution is -0.145. The zero-order valence-corrected chi connectivity index (χ0v) is 33.5. The Labute approximate surface area is 331 Å². The lowest BCUT2D eigenvalue weighted by atomic mass is 9.87. The van der Waals surface area contributed by atoms with Gasteiger partial charge < -0.3 is 41.1 Å². The fourth-order valence-corrected chi connectivity index (χ4v) is 7.78. The summed E-state index contributed by atoms with van der Waals surface area (Å²) in [6.07, 6.45) is 5.73. The van der Waals surface area contributed by atoms with Crippen LogP contribution in [0.15, 0.2) is 48.5 Å². The predicted molar refractivity (Wildman–Crippen MR) is 214 cm³/mol. The maximum atomic E-state index is 14.2. The van der Waals surface area contributed by atoms with E-state index in [0.29, 0.717) is 50.0 Å². The number of benzene rings is 2. The van der Waals surface area contributed by atoms with Gasteiger partial charge in [0, 0.05) is 25.2 Å². The van der Waals surface area contributed by atoms with Gasteiger partial charge in [0.15, 0.2) is 0 Å². The minimum atomic E-state index is -1.04. The third-order valence-electron chi connectivity index (χ3n) is 11.3. The molecule has 5 rings (SSSR count). The van der Waals surface area contributed by atoms with Crippen molar-refractivity contribution in [2.45, 2.75) is 114 Å². The summed E-state index contributed by atoms with van der Waals surface area (Å²) in [6.45, 7) is 7.05. The van der Waals surface area contributed by atoms with E-state index in [4.69, 9.17) is 4.74 Å². The van der Waals surface area contributed by atoms with Gasteiger partial charge in [0.1, 0.15) is 24.7 Å². The van der Waals surface area contributed by atoms with Crippen molar-refractivity contribution in [3.8, 4) is 11.8 Å². The number of hydrogen-bond donors (Lipinski definition) is 5. The number of nitrogens with zero attached hydrogens (tertiary/aromatic N) is 2. The molecule has 2 saturated heterocycles. The first-order valence-electron chi connectivity index (χ1n) is 20.2. The Balaban J connectivity index is 1.24. The first-order valence-corrected chi connectivity index (χ1v) is 20.2. The van der Waals surface area contributed by atoms with Gasteiger partial charge in [0.25, 0.3) is 0 Å². The van der Waals surface area contributed by atoms with Gasteiger partial charge in [-0.25, -0.2) is 0 Å². The van der Waals surface area contributed by atoms with Crippen molar-refractivity contribution < 1.29 is 28.7 Å². The molecule has 2 heterocycles. The molecule has 2 aromatic rings. The number of nitrogens with one attached hydrogen (secondary N) is 5. The Morgan fingerprint density at radius 2 is 1.57 bits per heavy atom. The van der Waals surface area contributed by atoms with Crippen LogP contribution in [-0.2, 0) is 35.1 Å². The topological polar surface area (TPSA) is 161 Å². The van der Waals surface area contributed by atoms with Gasteiger partial charge in [-0.1, -0.05) is 55.2 Å². The zero-order chi connectivity index (χ0) is 40.2. The number of hydrogen-bond acceptors (Lipinski definition) is 8. The Kier molecular flexibility index (Phi) is 15.4. The second-order valence-corrected chi connectivity index (χ2v) is 15.0. The van der Waals surface area contributed by atoms with Crippen LogP contribution in [0.2, 0.25) is 0 Å². The summed E-state index contributed by atoms with van der Waals surface area (Å²) in [7, 11) is 3.39. The highest BCUT2D eigenvalue weighted by Crippen LogP contribution is 2.30. The summed E-state index contributed by atoms with van der Waals surface area (Å²) in [5.74, 6) is 4.80. The van der Waals surface area contributed by atoms with Crippen LogP contribution in [0.3, 0.4) is 0 Å². The van der Waals surface area contributed by atoms with E-state index < -0.39 is 36.3 Å². The van der Waals surface area contributed by atoms with Gasteiger partial charge in [-0.05, 0) is 108 Å². The molecule has 0 radical (unpaired) electrons. The molecule has 3 aliphatic rings. The highest BCUT2D eigenvalue weighted by atomic mass is 16.5. The SMILES string of the molecule is CC[C@H](NC)C(=O)N[C@H](C(=O)N1CCCC1)c1ccc(C#CCO[C@H](C)[C@H](NC(=O)[C@H](C)NC)C(=O)N2CCC[C@H]2C(=O)N[C@@H]2CCCc3ccccc32)cc1. The fourth-order valence-electron chi connectivity index (χ4n) is 7.78. The number of amides is 5. The fraction of sp³-hybridized carbons (Fsp3) is 0.558. The van der Waals surface area contributed by atoms with Crippen molar-refractivity contribution in [2.75, 3.05) is 40.3 Å². The molecule has 5 amide bonds. The number of carbonyl (C=O) groups is 5. The van der Waals surface area contributed by atoms with E-state index in [2.05, 4.69) is 50.6 Å². The predicted octanol–water partition coefficient (Wildman–Crippen LogP) is 2.50. The second kappa shape index (κ2) is 20.4. The third kappa shape index (κ3) is 10.5. The average molecular weight is 770 g/mol. The Morgan fingerprint density at radius 3 is 2.27 bits per heavy atom. The molecule has 302 valence electrons. The molecule has 2 fully saturated rings. The lowest BCUT2D eigenvalue weighted by Gasteiger charge is -2.33. The van der Waals surface area contributed by atoms with Crippen LogP contribution in [0.5, 0.6) is 0 Å². The minimum Gasteiger partial charge on any atom is -0.363 e. The van der Waals surface area contributed by atoms with E-state index >= 15 is 0 Å². The van der Waals surface area contributed by atoms with Crippen molar-refractivity contribution >= 4 is 29.5 Å². The molecular weight excluding hydrogens is 711 g/mol. The molecule has 0 aromatic heterocycles. The largest absolute Gasteiger partial charge is 0.363 e. The number of rotatable bonds is 15. The van der Waals surface area contributed by atoms with Crippen molar-refractivity contribution in [1.82, 2.24) is 36.4 Å². The average Bonchev–Trinajstić information content (AvgIpc) is 3.95. The number of likely N-dealkylation sites (N-methyl/N-ethyl adjacent to an activating group) is 2. The number of carbonyl (C=O) groups excluding carboxylic acids is 5. The summed E-state index contributed by atoms with van der Waals surface area (Å²) >= 11 is 0. The summed E-state index contributed by atoms with van der Waals surface area (Å²) in [5, 5.41) is 15.0. The van der Waals surface area contributed by atoms with Crippen molar-refractivity contribution in [3.05, 3.63) is 70.8 Å². The van der Waals surface area contributed by atoms with Gasteiger partial charge in [-0.2, -0.15) is 0 Å². The van der Waals surface area contributed by atoms with Crippen LogP contribution in [0.25, 0.3) is 0 Å². The number of aryl methyl sites for hydroxylation is 1. The van der Waals surface area contributed by atoms with E-state index in [1.165, 1.54) is 5.56 Å². The maximum absolute atomic E-state index is 14.2. The normalized spacial score (nSPS) is 20.4. The molecule has 56 heavy (non-hydrogen) atoms.